The Morgan fingerprint density at radius 2 is 2.03 bits per heavy atom. The lowest BCUT2D eigenvalue weighted by Crippen LogP contribution is -2.22. The Labute approximate surface area is 169 Å². The molecule has 1 aliphatic heterocycles. The molecule has 0 amide bonds. The van der Waals surface area contributed by atoms with E-state index in [9.17, 15) is 9.50 Å². The second-order valence-corrected chi connectivity index (χ2v) is 7.84. The van der Waals surface area contributed by atoms with E-state index in [2.05, 4.69) is 29.0 Å². The van der Waals surface area contributed by atoms with Crippen LogP contribution < -0.4 is 4.90 Å². The van der Waals surface area contributed by atoms with Crippen molar-refractivity contribution in [2.75, 3.05) is 18.0 Å². The topological polar surface area (TPSA) is 75.3 Å². The van der Waals surface area contributed by atoms with Gasteiger partial charge in [-0.1, -0.05) is 32.0 Å². The number of phenolic OH excluding ortho intramolecular Hbond substituents is 1. The van der Waals surface area contributed by atoms with Crippen LogP contribution in [0.15, 0.2) is 40.9 Å². The van der Waals surface area contributed by atoms with Crippen molar-refractivity contribution >= 4 is 5.82 Å². The first-order valence-electron chi connectivity index (χ1n) is 10.0. The van der Waals surface area contributed by atoms with Crippen molar-refractivity contribution in [3.05, 3.63) is 42.4 Å². The first kappa shape index (κ1) is 19.4. The van der Waals surface area contributed by atoms with Crippen LogP contribution in [-0.4, -0.2) is 39.5 Å². The summed E-state index contributed by atoms with van der Waals surface area (Å²) in [7, 11) is 0. The molecule has 3 aromatic rings. The number of para-hydroxylation sites is 1. The van der Waals surface area contributed by atoms with Crippen LogP contribution in [-0.2, 0) is 6.42 Å². The largest absolute Gasteiger partial charge is 0.507 e. The number of anilines is 1. The smallest absolute Gasteiger partial charge is 0.252 e. The molecule has 1 aliphatic rings. The van der Waals surface area contributed by atoms with Crippen molar-refractivity contribution in [3.63, 3.8) is 0 Å². The fraction of sp³-hybridized carbons (Fsp3) is 0.409. The van der Waals surface area contributed by atoms with E-state index in [4.69, 9.17) is 4.42 Å². The molecule has 0 saturated carbocycles. The van der Waals surface area contributed by atoms with Crippen LogP contribution in [0.5, 0.6) is 5.75 Å². The monoisotopic (exact) mass is 396 g/mol. The predicted molar refractivity (Wildman–Crippen MR) is 110 cm³/mol. The minimum absolute atomic E-state index is 0.148. The second kappa shape index (κ2) is 8.19. The van der Waals surface area contributed by atoms with Gasteiger partial charge in [0.1, 0.15) is 17.7 Å². The molecule has 1 fully saturated rings. The minimum atomic E-state index is -0.886. The van der Waals surface area contributed by atoms with E-state index >= 15 is 0 Å². The third-order valence-electron chi connectivity index (χ3n) is 5.17. The Hall–Kier alpha value is -2.96. The van der Waals surface area contributed by atoms with Crippen LogP contribution in [0.1, 0.15) is 32.6 Å². The highest BCUT2D eigenvalue weighted by molar-refractivity contribution is 5.89. The van der Waals surface area contributed by atoms with E-state index < -0.39 is 6.17 Å². The van der Waals surface area contributed by atoms with Crippen LogP contribution in [0.4, 0.5) is 10.2 Å². The lowest BCUT2D eigenvalue weighted by molar-refractivity contribution is 0.364. The van der Waals surface area contributed by atoms with Gasteiger partial charge in [-0.25, -0.2) is 9.37 Å². The Morgan fingerprint density at radius 3 is 2.76 bits per heavy atom. The van der Waals surface area contributed by atoms with Gasteiger partial charge in [0, 0.05) is 30.3 Å². The third kappa shape index (κ3) is 4.09. The number of hydrogen-bond acceptors (Lipinski definition) is 6. The molecule has 0 radical (unpaired) electrons. The summed E-state index contributed by atoms with van der Waals surface area (Å²) in [6.07, 6.45) is 2.89. The molecule has 7 heteroatoms. The van der Waals surface area contributed by atoms with Gasteiger partial charge in [-0.05, 0) is 30.9 Å². The molecule has 0 aliphatic carbocycles. The van der Waals surface area contributed by atoms with Crippen LogP contribution in [0, 0.1) is 5.92 Å². The summed E-state index contributed by atoms with van der Waals surface area (Å²) in [6.45, 7) is 5.14. The van der Waals surface area contributed by atoms with Gasteiger partial charge in [0.25, 0.3) is 5.89 Å². The second-order valence-electron chi connectivity index (χ2n) is 7.84. The lowest BCUT2D eigenvalue weighted by Gasteiger charge is -2.21. The van der Waals surface area contributed by atoms with Gasteiger partial charge < -0.3 is 14.4 Å². The summed E-state index contributed by atoms with van der Waals surface area (Å²) in [5.41, 5.74) is 2.00. The molecule has 0 spiro atoms. The summed E-state index contributed by atoms with van der Waals surface area (Å²) in [4.78, 5) is 6.42. The Balaban J connectivity index is 1.82. The van der Waals surface area contributed by atoms with E-state index in [1.807, 2.05) is 23.1 Å². The predicted octanol–water partition coefficient (Wildman–Crippen LogP) is 4.64. The maximum atomic E-state index is 13.9. The summed E-state index contributed by atoms with van der Waals surface area (Å²) >= 11 is 0. The zero-order valence-electron chi connectivity index (χ0n) is 16.7. The van der Waals surface area contributed by atoms with Crippen molar-refractivity contribution in [1.82, 2.24) is 15.2 Å². The van der Waals surface area contributed by atoms with Crippen LogP contribution in [0.2, 0.25) is 0 Å². The fourth-order valence-corrected chi connectivity index (χ4v) is 3.61. The normalized spacial score (nSPS) is 16.7. The van der Waals surface area contributed by atoms with E-state index in [-0.39, 0.29) is 12.3 Å². The number of halogens is 1. The number of rotatable bonds is 6. The summed E-state index contributed by atoms with van der Waals surface area (Å²) in [5.74, 6) is 2.19. The van der Waals surface area contributed by atoms with Crippen molar-refractivity contribution in [1.29, 1.82) is 0 Å². The molecule has 2 aromatic heterocycles. The SMILES string of the molecule is CC(C)CCc1nnc(-c2c(-c3ccccc3O)ccnc2N2CCC(F)C2)o1. The number of aryl methyl sites for hydroxylation is 1. The number of hydrogen-bond donors (Lipinski definition) is 1. The standard InChI is InChI=1S/C22H25FN4O2/c1-14(2)7-8-19-25-26-22(29-19)20-17(16-5-3-4-6-18(16)28)9-11-24-21(20)27-12-10-15(23)13-27/h3-6,9,11,14-15,28H,7-8,10,12-13H2,1-2H3. The molecule has 152 valence electrons. The van der Waals surface area contributed by atoms with E-state index in [1.165, 1.54) is 0 Å². The maximum Gasteiger partial charge on any atom is 0.252 e. The number of phenols is 1. The van der Waals surface area contributed by atoms with Gasteiger partial charge in [-0.15, -0.1) is 10.2 Å². The van der Waals surface area contributed by atoms with Gasteiger partial charge >= 0.3 is 0 Å². The van der Waals surface area contributed by atoms with Gasteiger partial charge in [-0.2, -0.15) is 0 Å². The third-order valence-corrected chi connectivity index (χ3v) is 5.17. The molecule has 1 atom stereocenters. The van der Waals surface area contributed by atoms with Gasteiger partial charge in [0.15, 0.2) is 0 Å². The van der Waals surface area contributed by atoms with Crippen LogP contribution >= 0.6 is 0 Å². The van der Waals surface area contributed by atoms with Crippen LogP contribution in [0.25, 0.3) is 22.6 Å². The molecule has 4 rings (SSSR count). The molecule has 29 heavy (non-hydrogen) atoms. The molecule has 1 unspecified atom stereocenters. The number of nitrogens with zero attached hydrogens (tertiary/aromatic N) is 4. The van der Waals surface area contributed by atoms with Crippen molar-refractivity contribution in [2.45, 2.75) is 39.3 Å². The molecule has 1 N–H and O–H groups in total. The Kier molecular flexibility index (Phi) is 5.47. The van der Waals surface area contributed by atoms with Crippen molar-refractivity contribution in [3.8, 4) is 28.3 Å². The average molecular weight is 396 g/mol. The number of benzene rings is 1. The van der Waals surface area contributed by atoms with Gasteiger partial charge in [0.05, 0.1) is 12.1 Å². The molecule has 3 heterocycles. The van der Waals surface area contributed by atoms with E-state index in [0.717, 1.165) is 12.0 Å². The summed E-state index contributed by atoms with van der Waals surface area (Å²) < 4.78 is 19.9. The zero-order valence-corrected chi connectivity index (χ0v) is 16.7. The molecule has 1 saturated heterocycles. The van der Waals surface area contributed by atoms with E-state index in [1.54, 1.807) is 18.3 Å². The van der Waals surface area contributed by atoms with Gasteiger partial charge in [-0.3, -0.25) is 0 Å². The van der Waals surface area contributed by atoms with Crippen LogP contribution in [0.3, 0.4) is 0 Å². The lowest BCUT2D eigenvalue weighted by atomic mass is 9.99. The van der Waals surface area contributed by atoms with Crippen molar-refractivity contribution in [2.24, 2.45) is 5.92 Å². The molecule has 1 aromatic carbocycles. The quantitative estimate of drug-likeness (QED) is 0.654. The Bertz CT molecular complexity index is 988. The average Bonchev–Trinajstić information content (AvgIpc) is 3.35. The molecular formula is C22H25FN4O2. The number of pyridine rings is 1. The minimum Gasteiger partial charge on any atom is -0.507 e. The molecular weight excluding hydrogens is 371 g/mol. The Morgan fingerprint density at radius 1 is 1.21 bits per heavy atom. The molecule has 6 nitrogen and oxygen atoms in total. The fourth-order valence-electron chi connectivity index (χ4n) is 3.61. The summed E-state index contributed by atoms with van der Waals surface area (Å²) in [6, 6.07) is 8.90. The highest BCUT2D eigenvalue weighted by Gasteiger charge is 2.29. The highest BCUT2D eigenvalue weighted by atomic mass is 19.1. The zero-order chi connectivity index (χ0) is 20.4. The first-order chi connectivity index (χ1) is 14.0. The molecule has 0 bridgehead atoms. The number of alkyl halides is 1. The first-order valence-corrected chi connectivity index (χ1v) is 10.0. The van der Waals surface area contributed by atoms with Crippen molar-refractivity contribution < 1.29 is 13.9 Å². The maximum absolute atomic E-state index is 13.9. The highest BCUT2D eigenvalue weighted by Crippen LogP contribution is 2.41. The number of aromatic nitrogens is 3. The summed E-state index contributed by atoms with van der Waals surface area (Å²) in [5, 5.41) is 18.9. The van der Waals surface area contributed by atoms with Gasteiger partial charge in [0.2, 0.25) is 5.89 Å². The number of aromatic hydroxyl groups is 1. The van der Waals surface area contributed by atoms with E-state index in [0.29, 0.717) is 54.0 Å².